The summed E-state index contributed by atoms with van der Waals surface area (Å²) in [7, 11) is 0. The Morgan fingerprint density at radius 1 is 1.29 bits per heavy atom. The van der Waals surface area contributed by atoms with E-state index in [1.165, 1.54) is 0 Å². The second-order valence-electron chi connectivity index (χ2n) is 5.95. The van der Waals surface area contributed by atoms with Crippen LogP contribution in [-0.4, -0.2) is 49.0 Å². The molecule has 2 aromatic rings. The molecule has 1 amide bonds. The van der Waals surface area contributed by atoms with E-state index in [0.717, 1.165) is 24.9 Å². The molecule has 1 fully saturated rings. The molecule has 1 aliphatic rings. The summed E-state index contributed by atoms with van der Waals surface area (Å²) in [5.74, 6) is -0.958. The molecular weight excluding hydrogens is 308 g/mol. The minimum Gasteiger partial charge on any atom is -0.481 e. The van der Waals surface area contributed by atoms with Crippen molar-refractivity contribution in [1.82, 2.24) is 19.4 Å². The summed E-state index contributed by atoms with van der Waals surface area (Å²) in [6.45, 7) is 0.653. The zero-order valence-corrected chi connectivity index (χ0v) is 13.3. The fourth-order valence-electron chi connectivity index (χ4n) is 3.11. The molecule has 1 aliphatic heterocycles. The van der Waals surface area contributed by atoms with E-state index in [1.54, 1.807) is 35.9 Å². The van der Waals surface area contributed by atoms with Gasteiger partial charge in [-0.25, -0.2) is 4.98 Å². The number of imidazole rings is 1. The number of likely N-dealkylation sites (tertiary alicyclic amines) is 1. The number of carboxylic acid groups (broad SMARTS) is 1. The molecule has 0 aliphatic carbocycles. The van der Waals surface area contributed by atoms with Crippen molar-refractivity contribution in [2.45, 2.75) is 38.1 Å². The van der Waals surface area contributed by atoms with Crippen molar-refractivity contribution in [3.8, 4) is 5.69 Å². The smallest absolute Gasteiger partial charge is 0.303 e. The molecule has 1 atom stereocenters. The lowest BCUT2D eigenvalue weighted by Gasteiger charge is -2.35. The standard InChI is InChI=1S/C17H20N4O3/c22-16(23)5-4-13-3-1-2-9-21(13)17(24)15-11-14(6-7-19-15)20-10-8-18-12-20/h6-8,10-13H,1-5,9H2,(H,22,23). The van der Waals surface area contributed by atoms with Crippen LogP contribution in [0.15, 0.2) is 37.1 Å². The van der Waals surface area contributed by atoms with E-state index < -0.39 is 5.97 Å². The Morgan fingerprint density at radius 3 is 2.92 bits per heavy atom. The average Bonchev–Trinajstić information content (AvgIpc) is 3.14. The number of hydrogen-bond acceptors (Lipinski definition) is 4. The van der Waals surface area contributed by atoms with Crippen LogP contribution in [-0.2, 0) is 4.79 Å². The van der Waals surface area contributed by atoms with Gasteiger partial charge in [0, 0.05) is 37.6 Å². The zero-order chi connectivity index (χ0) is 16.9. The van der Waals surface area contributed by atoms with E-state index in [0.29, 0.717) is 18.7 Å². The van der Waals surface area contributed by atoms with Crippen molar-refractivity contribution < 1.29 is 14.7 Å². The van der Waals surface area contributed by atoms with E-state index >= 15 is 0 Å². The molecule has 7 nitrogen and oxygen atoms in total. The van der Waals surface area contributed by atoms with Gasteiger partial charge in [0.25, 0.3) is 5.91 Å². The van der Waals surface area contributed by atoms with Crippen molar-refractivity contribution in [3.05, 3.63) is 42.7 Å². The number of amides is 1. The van der Waals surface area contributed by atoms with Crippen LogP contribution in [0.2, 0.25) is 0 Å². The molecule has 0 saturated carbocycles. The first-order valence-corrected chi connectivity index (χ1v) is 8.12. The molecule has 0 aromatic carbocycles. The molecule has 1 N–H and O–H groups in total. The van der Waals surface area contributed by atoms with Crippen LogP contribution in [0.5, 0.6) is 0 Å². The van der Waals surface area contributed by atoms with Gasteiger partial charge in [-0.3, -0.25) is 14.6 Å². The van der Waals surface area contributed by atoms with Gasteiger partial charge in [0.15, 0.2) is 0 Å². The highest BCUT2D eigenvalue weighted by Crippen LogP contribution is 2.23. The second-order valence-corrected chi connectivity index (χ2v) is 5.95. The average molecular weight is 328 g/mol. The van der Waals surface area contributed by atoms with Gasteiger partial charge in [0.2, 0.25) is 0 Å². The zero-order valence-electron chi connectivity index (χ0n) is 13.3. The van der Waals surface area contributed by atoms with Crippen LogP contribution >= 0.6 is 0 Å². The maximum Gasteiger partial charge on any atom is 0.303 e. The Hall–Kier alpha value is -2.70. The van der Waals surface area contributed by atoms with Gasteiger partial charge in [0.1, 0.15) is 5.69 Å². The number of rotatable bonds is 5. The van der Waals surface area contributed by atoms with E-state index in [-0.39, 0.29) is 18.4 Å². The van der Waals surface area contributed by atoms with Crippen LogP contribution < -0.4 is 0 Å². The lowest BCUT2D eigenvalue weighted by molar-refractivity contribution is -0.137. The summed E-state index contributed by atoms with van der Waals surface area (Å²) in [6, 6.07) is 3.53. The highest BCUT2D eigenvalue weighted by molar-refractivity contribution is 5.93. The van der Waals surface area contributed by atoms with Crippen LogP contribution in [0.3, 0.4) is 0 Å². The largest absolute Gasteiger partial charge is 0.481 e. The lowest BCUT2D eigenvalue weighted by atomic mass is 9.97. The quantitative estimate of drug-likeness (QED) is 0.908. The third-order valence-electron chi connectivity index (χ3n) is 4.34. The molecule has 0 spiro atoms. The third kappa shape index (κ3) is 3.61. The number of carbonyl (C=O) groups is 2. The lowest BCUT2D eigenvalue weighted by Crippen LogP contribution is -2.44. The Morgan fingerprint density at radius 2 is 2.17 bits per heavy atom. The summed E-state index contributed by atoms with van der Waals surface area (Å²) in [6.07, 6.45) is 10.1. The summed E-state index contributed by atoms with van der Waals surface area (Å²) in [5, 5.41) is 8.90. The monoisotopic (exact) mass is 328 g/mol. The van der Waals surface area contributed by atoms with Gasteiger partial charge in [-0.05, 0) is 37.8 Å². The highest BCUT2D eigenvalue weighted by Gasteiger charge is 2.28. The molecule has 0 bridgehead atoms. The Balaban J connectivity index is 1.79. The van der Waals surface area contributed by atoms with E-state index in [9.17, 15) is 9.59 Å². The van der Waals surface area contributed by atoms with Crippen LogP contribution in [0, 0.1) is 0 Å². The summed E-state index contributed by atoms with van der Waals surface area (Å²) >= 11 is 0. The number of pyridine rings is 1. The number of carbonyl (C=O) groups excluding carboxylic acids is 1. The predicted octanol–water partition coefficient (Wildman–Crippen LogP) is 2.13. The normalized spacial score (nSPS) is 17.7. The van der Waals surface area contributed by atoms with Crippen LogP contribution in [0.4, 0.5) is 0 Å². The molecule has 1 unspecified atom stereocenters. The number of aliphatic carboxylic acids is 1. The fraction of sp³-hybridized carbons (Fsp3) is 0.412. The van der Waals surface area contributed by atoms with E-state index in [4.69, 9.17) is 5.11 Å². The molecule has 1 saturated heterocycles. The van der Waals surface area contributed by atoms with Crippen LogP contribution in [0.1, 0.15) is 42.6 Å². The van der Waals surface area contributed by atoms with Crippen molar-refractivity contribution in [2.75, 3.05) is 6.54 Å². The number of hydrogen-bond donors (Lipinski definition) is 1. The Labute approximate surface area is 140 Å². The van der Waals surface area contributed by atoms with Gasteiger partial charge >= 0.3 is 5.97 Å². The molecule has 0 radical (unpaired) electrons. The van der Waals surface area contributed by atoms with Gasteiger partial charge in [0.05, 0.1) is 12.0 Å². The van der Waals surface area contributed by atoms with E-state index in [2.05, 4.69) is 9.97 Å². The van der Waals surface area contributed by atoms with Gasteiger partial charge < -0.3 is 14.6 Å². The molecule has 2 aromatic heterocycles. The van der Waals surface area contributed by atoms with Crippen molar-refractivity contribution in [1.29, 1.82) is 0 Å². The SMILES string of the molecule is O=C(O)CCC1CCCCN1C(=O)c1cc(-n2ccnc2)ccn1. The number of aromatic nitrogens is 3. The Kier molecular flexibility index (Phi) is 4.88. The maximum absolute atomic E-state index is 12.9. The third-order valence-corrected chi connectivity index (χ3v) is 4.34. The molecular formula is C17H20N4O3. The summed E-state index contributed by atoms with van der Waals surface area (Å²) in [5.41, 5.74) is 1.20. The predicted molar refractivity (Wildman–Crippen MR) is 86.9 cm³/mol. The number of carboxylic acids is 1. The summed E-state index contributed by atoms with van der Waals surface area (Å²) < 4.78 is 1.82. The first kappa shape index (κ1) is 16.2. The molecule has 24 heavy (non-hydrogen) atoms. The maximum atomic E-state index is 12.9. The van der Waals surface area contributed by atoms with Crippen molar-refractivity contribution >= 4 is 11.9 Å². The molecule has 3 rings (SSSR count). The van der Waals surface area contributed by atoms with E-state index in [1.807, 2.05) is 10.6 Å². The minimum absolute atomic E-state index is 0.0268. The molecule has 7 heteroatoms. The molecule has 126 valence electrons. The Bertz CT molecular complexity index is 714. The summed E-state index contributed by atoms with van der Waals surface area (Å²) in [4.78, 5) is 33.7. The number of piperidine rings is 1. The van der Waals surface area contributed by atoms with Gasteiger partial charge in [-0.2, -0.15) is 0 Å². The van der Waals surface area contributed by atoms with Crippen molar-refractivity contribution in [3.63, 3.8) is 0 Å². The highest BCUT2D eigenvalue weighted by atomic mass is 16.4. The van der Waals surface area contributed by atoms with Crippen LogP contribution in [0.25, 0.3) is 5.69 Å². The second kappa shape index (κ2) is 7.25. The van der Waals surface area contributed by atoms with Gasteiger partial charge in [-0.1, -0.05) is 0 Å². The first-order valence-electron chi connectivity index (χ1n) is 8.12. The molecule has 3 heterocycles. The number of nitrogens with zero attached hydrogens (tertiary/aromatic N) is 4. The first-order chi connectivity index (χ1) is 11.6. The fourth-order valence-corrected chi connectivity index (χ4v) is 3.11. The van der Waals surface area contributed by atoms with Crippen molar-refractivity contribution in [2.24, 2.45) is 0 Å². The topological polar surface area (TPSA) is 88.3 Å². The minimum atomic E-state index is -0.826. The van der Waals surface area contributed by atoms with Gasteiger partial charge in [-0.15, -0.1) is 0 Å².